The Kier molecular flexibility index (Phi) is 3.95. The van der Waals surface area contributed by atoms with E-state index in [2.05, 4.69) is 4.98 Å². The molecule has 19 heavy (non-hydrogen) atoms. The average molecular weight is 265 g/mol. The van der Waals surface area contributed by atoms with E-state index in [0.717, 1.165) is 23.3 Å². The van der Waals surface area contributed by atoms with E-state index in [-0.39, 0.29) is 0 Å². The molecule has 0 fully saturated rings. The predicted octanol–water partition coefficient (Wildman–Crippen LogP) is 2.10. The molecule has 2 rings (SSSR count). The number of halogens is 2. The summed E-state index contributed by atoms with van der Waals surface area (Å²) in [6.07, 6.45) is 1.19. The van der Waals surface area contributed by atoms with Gasteiger partial charge in [0.15, 0.2) is 11.6 Å². The molecule has 3 nitrogen and oxygen atoms in total. The van der Waals surface area contributed by atoms with E-state index in [9.17, 15) is 8.78 Å². The smallest absolute Gasteiger partial charge is 0.159 e. The van der Waals surface area contributed by atoms with Crippen LogP contribution in [0.25, 0.3) is 0 Å². The first kappa shape index (κ1) is 13.7. The van der Waals surface area contributed by atoms with Crippen molar-refractivity contribution in [3.8, 4) is 0 Å². The van der Waals surface area contributed by atoms with Gasteiger partial charge in [-0.2, -0.15) is 0 Å². The molecule has 0 unspecified atom stereocenters. The average Bonchev–Trinajstić information content (AvgIpc) is 2.63. The Balaban J connectivity index is 2.27. The van der Waals surface area contributed by atoms with Crippen molar-refractivity contribution in [1.29, 1.82) is 0 Å². The van der Waals surface area contributed by atoms with Crippen LogP contribution in [0.5, 0.6) is 0 Å². The summed E-state index contributed by atoms with van der Waals surface area (Å²) in [7, 11) is 1.93. The highest BCUT2D eigenvalue weighted by Gasteiger charge is 2.12. The van der Waals surface area contributed by atoms with Crippen LogP contribution in [0, 0.1) is 18.6 Å². The van der Waals surface area contributed by atoms with Crippen LogP contribution in [0.2, 0.25) is 0 Å². The fraction of sp³-hybridized carbons (Fsp3) is 0.357. The minimum absolute atomic E-state index is 0.488. The molecule has 1 heterocycles. The quantitative estimate of drug-likeness (QED) is 0.920. The van der Waals surface area contributed by atoms with E-state index in [1.807, 2.05) is 18.5 Å². The maximum atomic E-state index is 13.2. The van der Waals surface area contributed by atoms with Gasteiger partial charge in [-0.05, 0) is 31.2 Å². The Morgan fingerprint density at radius 1 is 1.26 bits per heavy atom. The molecule has 0 radical (unpaired) electrons. The molecule has 102 valence electrons. The van der Waals surface area contributed by atoms with Crippen molar-refractivity contribution in [3.05, 3.63) is 52.6 Å². The minimum Gasteiger partial charge on any atom is -0.335 e. The molecule has 0 spiro atoms. The van der Waals surface area contributed by atoms with Gasteiger partial charge in [-0.25, -0.2) is 13.8 Å². The fourth-order valence-electron chi connectivity index (χ4n) is 2.06. The fourth-order valence-corrected chi connectivity index (χ4v) is 2.06. The highest BCUT2D eigenvalue weighted by Crippen LogP contribution is 2.16. The first-order chi connectivity index (χ1) is 9.02. The second-order valence-corrected chi connectivity index (χ2v) is 4.58. The Morgan fingerprint density at radius 3 is 2.63 bits per heavy atom. The normalized spacial score (nSPS) is 11.0. The first-order valence-corrected chi connectivity index (χ1v) is 6.18. The highest BCUT2D eigenvalue weighted by atomic mass is 19.2. The molecular weight excluding hydrogens is 248 g/mol. The molecule has 0 aliphatic heterocycles. The third-order valence-corrected chi connectivity index (χ3v) is 3.30. The van der Waals surface area contributed by atoms with Crippen LogP contribution in [-0.4, -0.2) is 16.1 Å². The van der Waals surface area contributed by atoms with E-state index < -0.39 is 11.6 Å². The lowest BCUT2D eigenvalue weighted by Crippen LogP contribution is -2.08. The summed E-state index contributed by atoms with van der Waals surface area (Å²) < 4.78 is 28.0. The Labute approximate surface area is 111 Å². The molecule has 0 saturated carbocycles. The van der Waals surface area contributed by atoms with Crippen LogP contribution in [0.15, 0.2) is 18.2 Å². The molecule has 1 aromatic carbocycles. The zero-order valence-electron chi connectivity index (χ0n) is 11.1. The van der Waals surface area contributed by atoms with Crippen LogP contribution in [0.3, 0.4) is 0 Å². The van der Waals surface area contributed by atoms with Gasteiger partial charge in [0.05, 0.1) is 5.69 Å². The second kappa shape index (κ2) is 5.48. The lowest BCUT2D eigenvalue weighted by atomic mass is 10.1. The molecule has 0 amide bonds. The van der Waals surface area contributed by atoms with Crippen LogP contribution >= 0.6 is 0 Å². The minimum atomic E-state index is -0.828. The number of imidazole rings is 1. The summed E-state index contributed by atoms with van der Waals surface area (Å²) in [5.41, 5.74) is 8.13. The van der Waals surface area contributed by atoms with Crippen molar-refractivity contribution in [2.75, 3.05) is 6.54 Å². The van der Waals surface area contributed by atoms with Crippen molar-refractivity contribution in [2.45, 2.75) is 19.8 Å². The van der Waals surface area contributed by atoms with Gasteiger partial charge in [-0.15, -0.1) is 0 Å². The molecule has 5 heteroatoms. The van der Waals surface area contributed by atoms with Gasteiger partial charge in [-0.3, -0.25) is 0 Å². The van der Waals surface area contributed by atoms with E-state index in [4.69, 9.17) is 5.73 Å². The van der Waals surface area contributed by atoms with E-state index in [1.54, 1.807) is 6.07 Å². The van der Waals surface area contributed by atoms with Gasteiger partial charge in [-0.1, -0.05) is 6.07 Å². The molecule has 0 saturated heterocycles. The van der Waals surface area contributed by atoms with Gasteiger partial charge in [0.1, 0.15) is 5.82 Å². The summed E-state index contributed by atoms with van der Waals surface area (Å²) in [5, 5.41) is 0. The molecule has 2 aromatic rings. The monoisotopic (exact) mass is 265 g/mol. The van der Waals surface area contributed by atoms with Crippen LogP contribution in [0.1, 0.15) is 22.8 Å². The molecule has 0 atom stereocenters. The van der Waals surface area contributed by atoms with Crippen molar-refractivity contribution in [1.82, 2.24) is 9.55 Å². The van der Waals surface area contributed by atoms with Crippen LogP contribution < -0.4 is 5.73 Å². The largest absolute Gasteiger partial charge is 0.335 e. The first-order valence-electron chi connectivity index (χ1n) is 6.18. The van der Waals surface area contributed by atoms with Gasteiger partial charge >= 0.3 is 0 Å². The number of nitrogens with zero attached hydrogens (tertiary/aromatic N) is 2. The zero-order chi connectivity index (χ0) is 14.0. The number of aromatic nitrogens is 2. The van der Waals surface area contributed by atoms with Crippen molar-refractivity contribution in [2.24, 2.45) is 12.8 Å². The predicted molar refractivity (Wildman–Crippen MR) is 69.9 cm³/mol. The van der Waals surface area contributed by atoms with Gasteiger partial charge in [0.25, 0.3) is 0 Å². The van der Waals surface area contributed by atoms with Gasteiger partial charge in [0.2, 0.25) is 0 Å². The second-order valence-electron chi connectivity index (χ2n) is 4.58. The van der Waals surface area contributed by atoms with E-state index in [0.29, 0.717) is 24.9 Å². The Morgan fingerprint density at radius 2 is 2.00 bits per heavy atom. The van der Waals surface area contributed by atoms with Crippen molar-refractivity contribution < 1.29 is 8.78 Å². The lowest BCUT2D eigenvalue weighted by molar-refractivity contribution is 0.507. The lowest BCUT2D eigenvalue weighted by Gasteiger charge is -2.02. The highest BCUT2D eigenvalue weighted by molar-refractivity contribution is 5.26. The number of hydrogen-bond donors (Lipinski definition) is 1. The van der Waals surface area contributed by atoms with Crippen LogP contribution in [0.4, 0.5) is 8.78 Å². The summed E-state index contributed by atoms with van der Waals surface area (Å²) in [6.45, 7) is 2.50. The molecule has 0 bridgehead atoms. The Hall–Kier alpha value is -1.75. The van der Waals surface area contributed by atoms with Crippen molar-refractivity contribution >= 4 is 0 Å². The molecule has 0 aliphatic carbocycles. The van der Waals surface area contributed by atoms with Gasteiger partial charge < -0.3 is 10.3 Å². The maximum absolute atomic E-state index is 13.2. The topological polar surface area (TPSA) is 43.8 Å². The standard InChI is InChI=1S/C14H17F2N3/c1-9-13(18-14(5-6-17)19(9)2)8-10-3-4-11(15)12(16)7-10/h3-4,7H,5-6,8,17H2,1-2H3. The third kappa shape index (κ3) is 2.81. The summed E-state index contributed by atoms with van der Waals surface area (Å²) in [4.78, 5) is 4.51. The van der Waals surface area contributed by atoms with Crippen LogP contribution in [-0.2, 0) is 19.9 Å². The number of nitrogens with two attached hydrogens (primary N) is 1. The Bertz CT molecular complexity index is 591. The summed E-state index contributed by atoms with van der Waals surface area (Å²) >= 11 is 0. The van der Waals surface area contributed by atoms with Gasteiger partial charge in [0, 0.05) is 25.6 Å². The number of benzene rings is 1. The number of rotatable bonds is 4. The van der Waals surface area contributed by atoms with E-state index >= 15 is 0 Å². The summed E-state index contributed by atoms with van der Waals surface area (Å²) in [5.74, 6) is -0.740. The van der Waals surface area contributed by atoms with Crippen molar-refractivity contribution in [3.63, 3.8) is 0 Å². The number of hydrogen-bond acceptors (Lipinski definition) is 2. The molecular formula is C14H17F2N3. The maximum Gasteiger partial charge on any atom is 0.159 e. The third-order valence-electron chi connectivity index (χ3n) is 3.30. The van der Waals surface area contributed by atoms with E-state index in [1.165, 1.54) is 6.07 Å². The molecule has 2 N–H and O–H groups in total. The summed E-state index contributed by atoms with van der Waals surface area (Å²) in [6, 6.07) is 3.94. The molecule has 0 aliphatic rings. The SMILES string of the molecule is Cc1c(Cc2ccc(F)c(F)c2)nc(CCN)n1C. The zero-order valence-corrected chi connectivity index (χ0v) is 11.1. The molecule has 1 aromatic heterocycles.